The van der Waals surface area contributed by atoms with Crippen LogP contribution in [0, 0.1) is 18.8 Å². The minimum Gasteiger partial charge on any atom is -0.478 e. The molecule has 1 aromatic carbocycles. The average molecular weight is 430 g/mol. The fourth-order valence-electron chi connectivity index (χ4n) is 4.53. The van der Waals surface area contributed by atoms with Gasteiger partial charge in [-0.2, -0.15) is 0 Å². The summed E-state index contributed by atoms with van der Waals surface area (Å²) >= 11 is 6.22. The minimum atomic E-state index is -2.76. The molecule has 6 nitrogen and oxygen atoms in total. The van der Waals surface area contributed by atoms with Crippen molar-refractivity contribution in [1.29, 1.82) is 0 Å². The SMILES string of the molecule is Cc1c(C(=O)O)cc(Cl)c2c1OC(C)(C1CCC(C(=O)N3CC(F)(F)C3)CC1)O2. The maximum absolute atomic E-state index is 13.0. The molecule has 9 heteroatoms. The molecule has 1 N–H and O–H groups in total. The Hall–Kier alpha value is -2.09. The molecule has 2 aliphatic heterocycles. The van der Waals surface area contributed by atoms with E-state index in [-0.39, 0.29) is 28.3 Å². The lowest BCUT2D eigenvalue weighted by molar-refractivity contribution is -0.172. The number of likely N-dealkylation sites (tertiary alicyclic amines) is 1. The molecule has 2 heterocycles. The van der Waals surface area contributed by atoms with E-state index < -0.39 is 30.8 Å². The molecule has 1 amide bonds. The Labute approximate surface area is 171 Å². The average Bonchev–Trinajstić information content (AvgIpc) is 3.02. The number of nitrogens with zero attached hydrogens (tertiary/aromatic N) is 1. The quantitative estimate of drug-likeness (QED) is 0.782. The van der Waals surface area contributed by atoms with E-state index >= 15 is 0 Å². The van der Waals surface area contributed by atoms with E-state index in [2.05, 4.69) is 0 Å². The molecule has 1 atom stereocenters. The zero-order valence-electron chi connectivity index (χ0n) is 16.1. The standard InChI is InChI=1S/C20H22ClF2NO5/c1-10-13(18(26)27)7-14(21)16-15(10)28-19(2,29-16)12-5-3-11(4-6-12)17(25)24-8-20(22,23)9-24/h7,11-12H,3-6,8-9H2,1-2H3,(H,26,27). The van der Waals surface area contributed by atoms with E-state index in [1.165, 1.54) is 11.0 Å². The Bertz CT molecular complexity index is 876. The molecule has 1 aromatic rings. The summed E-state index contributed by atoms with van der Waals surface area (Å²) < 4.78 is 38.2. The van der Waals surface area contributed by atoms with Gasteiger partial charge in [0.1, 0.15) is 0 Å². The van der Waals surface area contributed by atoms with Gasteiger partial charge in [-0.1, -0.05) is 11.6 Å². The zero-order chi connectivity index (χ0) is 21.1. The third-order valence-corrected chi connectivity index (χ3v) is 6.53. The Morgan fingerprint density at radius 1 is 1.17 bits per heavy atom. The number of amides is 1. The van der Waals surface area contributed by atoms with Crippen LogP contribution in [0.5, 0.6) is 11.5 Å². The lowest BCUT2D eigenvalue weighted by Crippen LogP contribution is -2.60. The number of benzene rings is 1. The molecule has 1 saturated carbocycles. The van der Waals surface area contributed by atoms with Crippen LogP contribution >= 0.6 is 11.6 Å². The van der Waals surface area contributed by atoms with Gasteiger partial charge in [-0.05, 0) is 38.7 Å². The van der Waals surface area contributed by atoms with Crippen molar-refractivity contribution >= 4 is 23.5 Å². The highest BCUT2D eigenvalue weighted by Gasteiger charge is 2.50. The van der Waals surface area contributed by atoms with E-state index in [1.54, 1.807) is 13.8 Å². The Morgan fingerprint density at radius 3 is 2.31 bits per heavy atom. The van der Waals surface area contributed by atoms with Crippen LogP contribution in [-0.2, 0) is 4.79 Å². The topological polar surface area (TPSA) is 76.1 Å². The van der Waals surface area contributed by atoms with Gasteiger partial charge in [0.05, 0.1) is 23.7 Å². The minimum absolute atomic E-state index is 0.0412. The predicted octanol–water partition coefficient (Wildman–Crippen LogP) is 4.12. The van der Waals surface area contributed by atoms with Gasteiger partial charge in [-0.25, -0.2) is 13.6 Å². The summed E-state index contributed by atoms with van der Waals surface area (Å²) in [6.45, 7) is 2.45. The first-order chi connectivity index (χ1) is 13.5. The van der Waals surface area contributed by atoms with E-state index in [0.717, 1.165) is 0 Å². The van der Waals surface area contributed by atoms with Crippen LogP contribution in [0.1, 0.15) is 48.5 Å². The van der Waals surface area contributed by atoms with Crippen molar-refractivity contribution in [3.05, 3.63) is 22.2 Å². The van der Waals surface area contributed by atoms with Crippen molar-refractivity contribution in [3.8, 4) is 11.5 Å². The molecule has 3 aliphatic rings. The van der Waals surface area contributed by atoms with Crippen LogP contribution in [0.25, 0.3) is 0 Å². The van der Waals surface area contributed by atoms with E-state index in [0.29, 0.717) is 42.7 Å². The summed E-state index contributed by atoms with van der Waals surface area (Å²) in [5.41, 5.74) is 0.505. The molecule has 29 heavy (non-hydrogen) atoms. The first kappa shape index (κ1) is 20.2. The van der Waals surface area contributed by atoms with Crippen molar-refractivity contribution < 1.29 is 33.0 Å². The monoisotopic (exact) mass is 429 g/mol. The van der Waals surface area contributed by atoms with Gasteiger partial charge in [0, 0.05) is 24.3 Å². The van der Waals surface area contributed by atoms with Crippen molar-refractivity contribution in [2.24, 2.45) is 11.8 Å². The zero-order valence-corrected chi connectivity index (χ0v) is 16.9. The summed E-state index contributed by atoms with van der Waals surface area (Å²) in [5, 5.41) is 9.52. The molecule has 0 aromatic heterocycles. The highest BCUT2D eigenvalue weighted by molar-refractivity contribution is 6.32. The summed E-state index contributed by atoms with van der Waals surface area (Å²) in [7, 11) is 0. The number of aromatic carboxylic acids is 1. The number of carboxylic acid groups (broad SMARTS) is 1. The van der Waals surface area contributed by atoms with Crippen LogP contribution in [-0.4, -0.2) is 46.7 Å². The van der Waals surface area contributed by atoms with Gasteiger partial charge in [0.25, 0.3) is 11.7 Å². The van der Waals surface area contributed by atoms with Crippen LogP contribution in [0.3, 0.4) is 0 Å². The second-order valence-electron chi connectivity index (χ2n) is 8.31. The largest absolute Gasteiger partial charge is 0.478 e. The molecule has 0 radical (unpaired) electrons. The predicted molar refractivity (Wildman–Crippen MR) is 99.8 cm³/mol. The third-order valence-electron chi connectivity index (χ3n) is 6.25. The van der Waals surface area contributed by atoms with Gasteiger partial charge in [-0.3, -0.25) is 4.79 Å². The number of carbonyl (C=O) groups is 2. The molecule has 1 saturated heterocycles. The van der Waals surface area contributed by atoms with Gasteiger partial charge < -0.3 is 19.5 Å². The molecule has 4 rings (SSSR count). The van der Waals surface area contributed by atoms with E-state index in [4.69, 9.17) is 21.1 Å². The summed E-state index contributed by atoms with van der Waals surface area (Å²) in [4.78, 5) is 25.0. The van der Waals surface area contributed by atoms with Crippen LogP contribution in [0.4, 0.5) is 8.78 Å². The van der Waals surface area contributed by atoms with Crippen molar-refractivity contribution in [1.82, 2.24) is 4.90 Å². The number of rotatable bonds is 3. The second-order valence-corrected chi connectivity index (χ2v) is 8.72. The number of alkyl halides is 2. The number of hydrogen-bond donors (Lipinski definition) is 1. The second kappa shape index (κ2) is 6.72. The van der Waals surface area contributed by atoms with Crippen molar-refractivity contribution in [2.45, 2.75) is 51.2 Å². The molecule has 2 fully saturated rings. The van der Waals surface area contributed by atoms with Gasteiger partial charge in [0.15, 0.2) is 11.5 Å². The molecular weight excluding hydrogens is 408 g/mol. The first-order valence-electron chi connectivity index (χ1n) is 9.62. The Morgan fingerprint density at radius 2 is 1.76 bits per heavy atom. The van der Waals surface area contributed by atoms with Crippen LogP contribution in [0.15, 0.2) is 6.07 Å². The fraction of sp³-hybridized carbons (Fsp3) is 0.600. The molecular formula is C20H22ClF2NO5. The number of halogens is 3. The smallest absolute Gasteiger partial charge is 0.336 e. The number of carboxylic acids is 1. The number of hydrogen-bond acceptors (Lipinski definition) is 4. The number of fused-ring (bicyclic) bond motifs is 1. The summed E-state index contributed by atoms with van der Waals surface area (Å²) in [5.74, 6) is -4.73. The molecule has 0 bridgehead atoms. The van der Waals surface area contributed by atoms with E-state index in [1.807, 2.05) is 0 Å². The van der Waals surface area contributed by atoms with Gasteiger partial charge in [0.2, 0.25) is 5.91 Å². The summed E-state index contributed by atoms with van der Waals surface area (Å²) in [6, 6.07) is 1.35. The van der Waals surface area contributed by atoms with Crippen LogP contribution in [0.2, 0.25) is 5.02 Å². The van der Waals surface area contributed by atoms with Gasteiger partial charge in [-0.15, -0.1) is 0 Å². The normalized spacial score (nSPS) is 30.0. The molecule has 1 unspecified atom stereocenters. The third kappa shape index (κ3) is 3.41. The highest BCUT2D eigenvalue weighted by Crippen LogP contribution is 2.52. The molecule has 1 aliphatic carbocycles. The van der Waals surface area contributed by atoms with Crippen molar-refractivity contribution in [3.63, 3.8) is 0 Å². The van der Waals surface area contributed by atoms with E-state index in [9.17, 15) is 23.5 Å². The number of ether oxygens (including phenoxy) is 2. The lowest BCUT2D eigenvalue weighted by Gasteiger charge is -2.42. The summed E-state index contributed by atoms with van der Waals surface area (Å²) in [6.07, 6.45) is 2.40. The molecule has 0 spiro atoms. The lowest BCUT2D eigenvalue weighted by atomic mass is 9.77. The Kier molecular flexibility index (Phi) is 4.68. The van der Waals surface area contributed by atoms with Crippen molar-refractivity contribution in [2.75, 3.05) is 13.1 Å². The maximum Gasteiger partial charge on any atom is 0.336 e. The number of carbonyl (C=O) groups excluding carboxylic acids is 1. The maximum atomic E-state index is 13.0. The highest BCUT2D eigenvalue weighted by atomic mass is 35.5. The first-order valence-corrected chi connectivity index (χ1v) is 9.99. The fourth-order valence-corrected chi connectivity index (χ4v) is 4.76. The van der Waals surface area contributed by atoms with Gasteiger partial charge >= 0.3 is 5.97 Å². The van der Waals surface area contributed by atoms with Crippen LogP contribution < -0.4 is 9.47 Å². The Balaban J connectivity index is 1.44. The molecule has 158 valence electrons.